The van der Waals surface area contributed by atoms with E-state index >= 15 is 0 Å². The van der Waals surface area contributed by atoms with Gasteiger partial charge in [-0.15, -0.1) is 0 Å². The molecule has 0 radical (unpaired) electrons. The van der Waals surface area contributed by atoms with Crippen molar-refractivity contribution in [3.63, 3.8) is 0 Å². The third-order valence-corrected chi connectivity index (χ3v) is 12.4. The van der Waals surface area contributed by atoms with Gasteiger partial charge in [-0.05, 0) is 43.5 Å². The van der Waals surface area contributed by atoms with Crippen molar-refractivity contribution in [2.45, 2.75) is 12.1 Å². The van der Waals surface area contributed by atoms with E-state index in [0.29, 0.717) is 10.9 Å². The Kier molecular flexibility index (Phi) is 7.14. The highest BCUT2D eigenvalue weighted by molar-refractivity contribution is 7.78. The smallest absolute Gasteiger partial charge is 0.347 e. The molecule has 0 saturated carbocycles. The number of hydrogen-bond donors (Lipinski definition) is 0. The van der Waals surface area contributed by atoms with E-state index in [1.807, 2.05) is 72.8 Å². The van der Waals surface area contributed by atoms with Gasteiger partial charge in [0.2, 0.25) is 0 Å². The Morgan fingerprint density at radius 1 is 0.579 bits per heavy atom. The van der Waals surface area contributed by atoms with Crippen molar-refractivity contribution in [1.29, 1.82) is 0 Å². The van der Waals surface area contributed by atoms with Crippen LogP contribution in [0.3, 0.4) is 0 Å². The molecule has 0 amide bonds. The molecule has 0 aromatic heterocycles. The van der Waals surface area contributed by atoms with Crippen LogP contribution in [-0.4, -0.2) is 17.6 Å². The summed E-state index contributed by atoms with van der Waals surface area (Å²) in [4.78, 5) is 26.9. The first-order chi connectivity index (χ1) is 18.7. The molecule has 0 N–H and O–H groups in total. The van der Waals surface area contributed by atoms with Gasteiger partial charge in [-0.1, -0.05) is 133 Å². The third-order valence-electron chi connectivity index (χ3n) is 6.98. The van der Waals surface area contributed by atoms with Crippen LogP contribution in [0, 0.1) is 5.92 Å². The maximum absolute atomic E-state index is 13.5. The highest BCUT2D eigenvalue weighted by Gasteiger charge is 2.46. The van der Waals surface area contributed by atoms with Crippen molar-refractivity contribution < 1.29 is 14.3 Å². The fourth-order valence-electron chi connectivity index (χ4n) is 5.36. The molecular weight excluding hydrogens is 506 g/mol. The molecule has 4 aromatic carbocycles. The molecule has 2 unspecified atom stereocenters. The van der Waals surface area contributed by atoms with Crippen LogP contribution < -0.4 is 21.2 Å². The summed E-state index contributed by atoms with van der Waals surface area (Å²) in [6, 6.07) is 41.2. The predicted molar refractivity (Wildman–Crippen MR) is 157 cm³/mol. The molecule has 2 aliphatic rings. The fourth-order valence-corrected chi connectivity index (χ4v) is 10.8. The van der Waals surface area contributed by atoms with Gasteiger partial charge >= 0.3 is 11.9 Å². The minimum atomic E-state index is -1.26. The van der Waals surface area contributed by atoms with Crippen LogP contribution in [0.1, 0.15) is 6.42 Å². The van der Waals surface area contributed by atoms with Gasteiger partial charge in [0.15, 0.2) is 0 Å². The summed E-state index contributed by atoms with van der Waals surface area (Å²) in [7, 11) is -2.06. The molecule has 0 fully saturated rings. The van der Waals surface area contributed by atoms with Crippen molar-refractivity contribution in [3.8, 4) is 0 Å². The minimum absolute atomic E-state index is 0.140. The molecule has 2 atom stereocenters. The van der Waals surface area contributed by atoms with Gasteiger partial charge < -0.3 is 4.74 Å². The van der Waals surface area contributed by atoms with Crippen LogP contribution in [0.4, 0.5) is 0 Å². The van der Waals surface area contributed by atoms with E-state index in [9.17, 15) is 9.59 Å². The topological polar surface area (TPSA) is 43.4 Å². The van der Waals surface area contributed by atoms with Crippen molar-refractivity contribution in [2.24, 2.45) is 5.92 Å². The first-order valence-corrected chi connectivity index (χ1v) is 15.4. The van der Waals surface area contributed by atoms with E-state index in [0.717, 1.165) is 17.0 Å². The van der Waals surface area contributed by atoms with Crippen LogP contribution in [0.5, 0.6) is 0 Å². The number of rotatable bonds is 7. The lowest BCUT2D eigenvalue weighted by molar-refractivity contribution is -0.151. The molecule has 6 rings (SSSR count). The fraction of sp³-hybridized carbons (Fsp3) is 0.0909. The molecule has 5 heteroatoms. The van der Waals surface area contributed by atoms with E-state index in [1.165, 1.54) is 10.6 Å². The maximum atomic E-state index is 13.5. The first kappa shape index (κ1) is 24.7. The van der Waals surface area contributed by atoms with E-state index < -0.39 is 27.8 Å². The Hall–Kier alpha value is -3.64. The highest BCUT2D eigenvalue weighted by Crippen LogP contribution is 2.55. The van der Waals surface area contributed by atoms with Crippen LogP contribution in [-0.2, 0) is 14.3 Å². The van der Waals surface area contributed by atoms with Crippen LogP contribution in [0.25, 0.3) is 0 Å². The zero-order valence-corrected chi connectivity index (χ0v) is 22.5. The quantitative estimate of drug-likeness (QED) is 0.136. The lowest BCUT2D eigenvalue weighted by atomic mass is 9.98. The predicted octanol–water partition coefficient (Wildman–Crippen LogP) is 5.53. The second-order valence-corrected chi connectivity index (χ2v) is 13.8. The zero-order chi connectivity index (χ0) is 25.9. The van der Waals surface area contributed by atoms with E-state index in [4.69, 9.17) is 4.74 Å². The largest absolute Gasteiger partial charge is 0.386 e. The summed E-state index contributed by atoms with van der Waals surface area (Å²) in [6.45, 7) is 0. The Labute approximate surface area is 225 Å². The molecule has 1 heterocycles. The number of ether oxygens (including phenoxy) is 1. The lowest BCUT2D eigenvalue weighted by Crippen LogP contribution is -2.28. The van der Waals surface area contributed by atoms with Gasteiger partial charge in [-0.2, -0.15) is 0 Å². The summed E-state index contributed by atoms with van der Waals surface area (Å²) in [5.41, 5.74) is 0.675. The van der Waals surface area contributed by atoms with Gasteiger partial charge in [0.05, 0.1) is 10.9 Å². The number of carbonyl (C=O) groups excluding carboxylic acids is 2. The normalized spacial score (nSPS) is 19.0. The molecule has 0 bridgehead atoms. The van der Waals surface area contributed by atoms with Crippen molar-refractivity contribution in [2.75, 3.05) is 0 Å². The molecule has 38 heavy (non-hydrogen) atoms. The average Bonchev–Trinajstić information content (AvgIpc) is 3.54. The standard InChI is InChI=1S/C33H26O3P2/c34-32-30(31(33(35)36-32)38(26-18-9-3-10-19-26)27-20-11-4-12-21-27)28-22-13-23-29(28)37(24-14-5-1-6-15-24)25-16-7-2-8-17-25/h1-22,28-29H,23H2. The number of carbonyl (C=O) groups is 2. The Morgan fingerprint density at radius 3 is 1.50 bits per heavy atom. The SMILES string of the molecule is O=C1OC(=O)C(P(c2ccccc2)c2ccccc2)=C1C1C=CCC1P(c1ccccc1)c1ccccc1. The molecular formula is C33H26O3P2. The monoisotopic (exact) mass is 532 g/mol. The maximum Gasteiger partial charge on any atom is 0.347 e. The van der Waals surface area contributed by atoms with Gasteiger partial charge in [-0.3, -0.25) is 0 Å². The second kappa shape index (κ2) is 11.0. The van der Waals surface area contributed by atoms with Crippen LogP contribution in [0.15, 0.2) is 144 Å². The summed E-state index contributed by atoms with van der Waals surface area (Å²) in [5.74, 6) is -1.21. The van der Waals surface area contributed by atoms with E-state index in [1.54, 1.807) is 0 Å². The van der Waals surface area contributed by atoms with Crippen molar-refractivity contribution >= 4 is 49.0 Å². The van der Waals surface area contributed by atoms with Gasteiger partial charge in [0.1, 0.15) is 0 Å². The Bertz CT molecular complexity index is 1420. The van der Waals surface area contributed by atoms with Crippen molar-refractivity contribution in [1.82, 2.24) is 0 Å². The molecule has 4 aromatic rings. The van der Waals surface area contributed by atoms with Gasteiger partial charge in [-0.25, -0.2) is 9.59 Å². The number of esters is 2. The molecule has 3 nitrogen and oxygen atoms in total. The van der Waals surface area contributed by atoms with Crippen LogP contribution >= 0.6 is 15.8 Å². The lowest BCUT2D eigenvalue weighted by Gasteiger charge is -2.31. The molecule has 1 aliphatic carbocycles. The van der Waals surface area contributed by atoms with E-state index in [2.05, 4.69) is 60.7 Å². The molecule has 1 aliphatic heterocycles. The number of hydrogen-bond acceptors (Lipinski definition) is 3. The van der Waals surface area contributed by atoms with Crippen molar-refractivity contribution in [3.05, 3.63) is 144 Å². The van der Waals surface area contributed by atoms with Gasteiger partial charge in [0, 0.05) is 11.6 Å². The summed E-state index contributed by atoms with van der Waals surface area (Å²) in [5, 5.41) is 5.11. The second-order valence-electron chi connectivity index (χ2n) is 9.24. The number of benzene rings is 4. The summed E-state index contributed by atoms with van der Waals surface area (Å²) >= 11 is 0. The number of cyclic esters (lactones) is 2. The summed E-state index contributed by atoms with van der Waals surface area (Å²) in [6.07, 6.45) is 5.14. The average molecular weight is 533 g/mol. The van der Waals surface area contributed by atoms with Crippen LogP contribution in [0.2, 0.25) is 0 Å². The molecule has 0 saturated heterocycles. The third kappa shape index (κ3) is 4.69. The summed E-state index contributed by atoms with van der Waals surface area (Å²) < 4.78 is 5.40. The molecule has 186 valence electrons. The Balaban J connectivity index is 1.52. The van der Waals surface area contributed by atoms with Gasteiger partial charge in [0.25, 0.3) is 0 Å². The number of allylic oxidation sites excluding steroid dienone is 2. The van der Waals surface area contributed by atoms with E-state index in [-0.39, 0.29) is 11.6 Å². The highest BCUT2D eigenvalue weighted by atomic mass is 31.1. The Morgan fingerprint density at radius 2 is 1.03 bits per heavy atom. The zero-order valence-electron chi connectivity index (χ0n) is 20.7. The minimum Gasteiger partial charge on any atom is -0.386 e. The first-order valence-electron chi connectivity index (χ1n) is 12.7. The molecule has 0 spiro atoms.